The van der Waals surface area contributed by atoms with Crippen LogP contribution in [0.4, 0.5) is 18.0 Å². The maximum Gasteiger partial charge on any atom is 0.509 e. The number of Topliss-reactive ketones (excluding diaryl/α,β-unsaturated/α-hetero) is 3. The van der Waals surface area contributed by atoms with Crippen molar-refractivity contribution in [2.24, 2.45) is 23.7 Å². The maximum absolute atomic E-state index is 14.2. The van der Waals surface area contributed by atoms with E-state index < -0.39 is 97.8 Å². The van der Waals surface area contributed by atoms with Gasteiger partial charge in [-0.05, 0) is 99.5 Å². The number of amides is 4. The molecule has 3 unspecified atom stereocenters. The highest BCUT2D eigenvalue weighted by atomic mass is 19.4. The third-order valence-electron chi connectivity index (χ3n) is 16.6. The molecule has 4 aliphatic rings. The number of pyridine rings is 2. The van der Waals surface area contributed by atoms with Gasteiger partial charge in [0.25, 0.3) is 17.4 Å². The molecule has 4 amide bonds. The Morgan fingerprint density at radius 3 is 2.35 bits per heavy atom. The predicted molar refractivity (Wildman–Crippen MR) is 304 cm³/mol. The molecule has 0 radical (unpaired) electrons. The van der Waals surface area contributed by atoms with E-state index in [-0.39, 0.29) is 111 Å². The molecule has 6 heterocycles. The molecule has 24 nitrogen and oxygen atoms in total. The van der Waals surface area contributed by atoms with Gasteiger partial charge in [-0.25, -0.2) is 19.3 Å². The molecule has 1 fully saturated rings. The van der Waals surface area contributed by atoms with E-state index in [1.807, 2.05) is 6.92 Å². The number of phenolic OH excluding ortho intramolecular Hbond substituents is 1. The molecule has 3 atom stereocenters. The minimum Gasteiger partial charge on any atom is -0.508 e. The van der Waals surface area contributed by atoms with Crippen LogP contribution in [0.5, 0.6) is 5.75 Å². The highest BCUT2D eigenvalue weighted by Crippen LogP contribution is 2.43. The van der Waals surface area contributed by atoms with E-state index in [1.165, 1.54) is 32.4 Å². The van der Waals surface area contributed by atoms with Crippen molar-refractivity contribution in [3.8, 4) is 17.1 Å². The van der Waals surface area contributed by atoms with Gasteiger partial charge in [-0.1, -0.05) is 39.3 Å². The number of carbonyl (C=O) groups is 9. The zero-order chi connectivity index (χ0) is 63.5. The average molecular weight is 1230 g/mol. The first-order valence-corrected chi connectivity index (χ1v) is 29.7. The van der Waals surface area contributed by atoms with Gasteiger partial charge in [0.05, 0.1) is 46.9 Å². The Morgan fingerprint density at radius 2 is 1.65 bits per heavy atom. The van der Waals surface area contributed by atoms with Gasteiger partial charge in [0, 0.05) is 85.9 Å². The number of halogens is 3. The monoisotopic (exact) mass is 1230 g/mol. The van der Waals surface area contributed by atoms with Crippen molar-refractivity contribution >= 4 is 64.0 Å². The molecular formula is C61H73F3N8O16. The fraction of sp³-hybridized carbons (Fsp3) is 0.557. The summed E-state index contributed by atoms with van der Waals surface area (Å²) in [5.41, 5.74) is 1.26. The summed E-state index contributed by atoms with van der Waals surface area (Å²) < 4.78 is 69.4. The summed E-state index contributed by atoms with van der Waals surface area (Å²) >= 11 is 0. The van der Waals surface area contributed by atoms with Crippen LogP contribution in [0.2, 0.25) is 0 Å². The van der Waals surface area contributed by atoms with Crippen molar-refractivity contribution in [2.45, 2.75) is 155 Å². The van der Waals surface area contributed by atoms with Crippen LogP contribution in [0.25, 0.3) is 22.3 Å². The minimum atomic E-state index is -5.10. The lowest BCUT2D eigenvalue weighted by molar-refractivity contribution is -0.175. The van der Waals surface area contributed by atoms with E-state index >= 15 is 0 Å². The van der Waals surface area contributed by atoms with E-state index in [2.05, 4.69) is 15.6 Å². The number of ketones is 3. The standard InChI is InChI=1S/C61H73F3N8O16/c1-5-43-44-25-40(73)17-18-48(44)66-54-45(43)29-71-50(54)26-47-46(56(71)80)32-86-58(82)60(47,6-2)88-59(83)87-33-49(35(3)4)67-55(79)38(10-7-8-22-65-57(81)61(62,63)64)24-42(75)31-85-30-41(74)11-9-23-84-34-70-28-39(68-69-70)16-19-51(76)37-14-12-36(13-15-37)27-72-52(77)20-21-53(72)78/h17-18,20-21,25-26,28,35-38,49,73H,5-16,19,22-24,27,29-34H2,1-4H3,(H,65,81)(H,67,79). The van der Waals surface area contributed by atoms with Crippen LogP contribution in [0.15, 0.2) is 47.4 Å². The predicted octanol–water partition coefficient (Wildman–Crippen LogP) is 5.94. The molecule has 27 heteroatoms. The molecule has 0 spiro atoms. The zero-order valence-electron chi connectivity index (χ0n) is 49.6. The summed E-state index contributed by atoms with van der Waals surface area (Å²) in [5, 5.41) is 23.7. The van der Waals surface area contributed by atoms with Gasteiger partial charge < -0.3 is 44.0 Å². The number of hydrogen-bond donors (Lipinski definition) is 3. The van der Waals surface area contributed by atoms with Gasteiger partial charge >= 0.3 is 24.2 Å². The lowest BCUT2D eigenvalue weighted by atomic mass is 9.79. The SMILES string of the molecule is CCc1c2c(nc3ccc(O)cc13)-c1cc3c(c(=O)n1C2)COC(=O)C3(CC)OC(=O)OCC(NC(=O)C(CCCCNC(=O)C(F)(F)F)CC(=O)COCC(=O)CCCOCn1cc(CCC(=O)C2CCC(CN3C(=O)C=CC3=O)CC2)nn1)C(C)C. The number of nitrogens with one attached hydrogen (secondary N) is 2. The van der Waals surface area contributed by atoms with E-state index in [0.29, 0.717) is 67.7 Å². The second-order valence-electron chi connectivity index (χ2n) is 23.0. The fourth-order valence-electron chi connectivity index (χ4n) is 11.6. The first-order chi connectivity index (χ1) is 42.0. The van der Waals surface area contributed by atoms with E-state index in [1.54, 1.807) is 50.5 Å². The number of imide groups is 1. The number of aromatic nitrogens is 5. The van der Waals surface area contributed by atoms with Crippen LogP contribution < -0.4 is 16.2 Å². The molecule has 0 bridgehead atoms. The number of esters is 1. The van der Waals surface area contributed by atoms with Crippen molar-refractivity contribution < 1.29 is 85.1 Å². The number of alkyl halides is 3. The van der Waals surface area contributed by atoms with Gasteiger partial charge in [-0.3, -0.25) is 43.3 Å². The second-order valence-corrected chi connectivity index (χ2v) is 23.0. The fourth-order valence-corrected chi connectivity index (χ4v) is 11.6. The molecule has 3 aromatic heterocycles. The maximum atomic E-state index is 14.2. The van der Waals surface area contributed by atoms with E-state index in [4.69, 9.17) is 28.7 Å². The molecule has 0 saturated heterocycles. The van der Waals surface area contributed by atoms with Crippen LogP contribution in [-0.4, -0.2) is 139 Å². The molecule has 474 valence electrons. The highest BCUT2D eigenvalue weighted by molar-refractivity contribution is 6.12. The number of unbranched alkanes of at least 4 members (excludes halogenated alkanes) is 1. The zero-order valence-corrected chi connectivity index (χ0v) is 49.6. The lowest BCUT2D eigenvalue weighted by Gasteiger charge is -2.35. The van der Waals surface area contributed by atoms with Crippen LogP contribution in [0.1, 0.15) is 133 Å². The number of phenols is 1. The third kappa shape index (κ3) is 15.9. The molecule has 1 aliphatic carbocycles. The lowest BCUT2D eigenvalue weighted by Crippen LogP contribution is -2.48. The van der Waals surface area contributed by atoms with Crippen LogP contribution in [0, 0.1) is 23.7 Å². The molecule has 3 N–H and O–H groups in total. The number of benzene rings is 1. The quantitative estimate of drug-likeness (QED) is 0.0263. The average Bonchev–Trinajstić information content (AvgIpc) is 1.47. The number of hydrogen-bond acceptors (Lipinski definition) is 19. The number of aryl methyl sites for hydroxylation is 2. The van der Waals surface area contributed by atoms with Gasteiger partial charge in [0.1, 0.15) is 44.7 Å². The summed E-state index contributed by atoms with van der Waals surface area (Å²) in [5.74, 6) is -6.50. The first kappa shape index (κ1) is 65.8. The van der Waals surface area contributed by atoms with Crippen molar-refractivity contribution in [1.82, 2.24) is 40.1 Å². The topological polar surface area (TPSA) is 313 Å². The summed E-state index contributed by atoms with van der Waals surface area (Å²) in [6.07, 6.45) is 1.79. The second kappa shape index (κ2) is 29.2. The van der Waals surface area contributed by atoms with Crippen LogP contribution in [-0.2, 0) is 100 Å². The Kier molecular flexibility index (Phi) is 21.8. The third-order valence-corrected chi connectivity index (χ3v) is 16.6. The summed E-state index contributed by atoms with van der Waals surface area (Å²) in [4.78, 5) is 136. The Labute approximate surface area is 504 Å². The number of rotatable bonds is 31. The molecule has 88 heavy (non-hydrogen) atoms. The van der Waals surface area contributed by atoms with Crippen molar-refractivity contribution in [1.29, 1.82) is 0 Å². The Balaban J connectivity index is 0.790. The van der Waals surface area contributed by atoms with Gasteiger partial charge in [-0.2, -0.15) is 13.2 Å². The molecule has 1 saturated carbocycles. The van der Waals surface area contributed by atoms with Crippen LogP contribution >= 0.6 is 0 Å². The summed E-state index contributed by atoms with van der Waals surface area (Å²) in [6, 6.07) is 5.46. The van der Waals surface area contributed by atoms with E-state index in [9.17, 15) is 66.2 Å². The van der Waals surface area contributed by atoms with Gasteiger partial charge in [-0.15, -0.1) is 5.10 Å². The molecular weight excluding hydrogens is 1160 g/mol. The number of cyclic esters (lactones) is 1. The van der Waals surface area contributed by atoms with Crippen molar-refractivity contribution in [3.63, 3.8) is 0 Å². The van der Waals surface area contributed by atoms with Gasteiger partial charge in [0.2, 0.25) is 11.5 Å². The largest absolute Gasteiger partial charge is 0.509 e. The Bertz CT molecular complexity index is 3390. The minimum absolute atomic E-state index is 0.0172. The van der Waals surface area contributed by atoms with Crippen LogP contribution in [0.3, 0.4) is 0 Å². The van der Waals surface area contributed by atoms with E-state index in [0.717, 1.165) is 29.4 Å². The summed E-state index contributed by atoms with van der Waals surface area (Å²) in [6.45, 7) is 5.43. The van der Waals surface area contributed by atoms with Crippen molar-refractivity contribution in [3.05, 3.63) is 80.9 Å². The smallest absolute Gasteiger partial charge is 0.508 e. The number of carbonyl (C=O) groups excluding carboxylic acids is 9. The van der Waals surface area contributed by atoms with Crippen molar-refractivity contribution in [2.75, 3.05) is 39.5 Å². The Hall–Kier alpha value is -8.20. The number of fused-ring (bicyclic) bond motifs is 5. The molecule has 1 aromatic carbocycles. The normalized spacial score (nSPS) is 18.6. The molecule has 4 aromatic rings. The van der Waals surface area contributed by atoms with Gasteiger partial charge in [0.15, 0.2) is 11.6 Å². The highest BCUT2D eigenvalue weighted by Gasteiger charge is 2.51. The molecule has 8 rings (SSSR count). The summed E-state index contributed by atoms with van der Waals surface area (Å²) in [7, 11) is 0. The Morgan fingerprint density at radius 1 is 0.909 bits per heavy atom. The number of aromatic hydroxyl groups is 1. The number of ether oxygens (including phenoxy) is 5. The molecule has 3 aliphatic heterocycles. The first-order valence-electron chi connectivity index (χ1n) is 29.7. The number of nitrogens with zero attached hydrogens (tertiary/aromatic N) is 6.